The molecule has 0 aliphatic heterocycles. The number of nitro groups is 1. The minimum absolute atomic E-state index is 0.0709. The number of rotatable bonds is 5. The van der Waals surface area contributed by atoms with Gasteiger partial charge in [-0.15, -0.1) is 0 Å². The molecule has 1 aliphatic rings. The third kappa shape index (κ3) is 3.34. The van der Waals surface area contributed by atoms with E-state index in [0.717, 1.165) is 25.7 Å². The fourth-order valence-electron chi connectivity index (χ4n) is 2.59. The molecule has 1 fully saturated rings. The summed E-state index contributed by atoms with van der Waals surface area (Å²) < 4.78 is 0. The Balaban J connectivity index is 2.27. The van der Waals surface area contributed by atoms with E-state index in [4.69, 9.17) is 0 Å². The van der Waals surface area contributed by atoms with E-state index in [1.165, 1.54) is 12.6 Å². The van der Waals surface area contributed by atoms with Gasteiger partial charge in [-0.25, -0.2) is 4.98 Å². The van der Waals surface area contributed by atoms with Crippen molar-refractivity contribution in [3.05, 3.63) is 16.3 Å². The number of nitrogens with zero attached hydrogens (tertiary/aromatic N) is 3. The Kier molecular flexibility index (Phi) is 4.36. The molecule has 1 aromatic rings. The zero-order valence-electron chi connectivity index (χ0n) is 12.0. The summed E-state index contributed by atoms with van der Waals surface area (Å²) >= 11 is 0. The summed E-state index contributed by atoms with van der Waals surface area (Å²) in [6, 6.07) is 0. The molecular formula is C13H21N5O2. The number of hydrogen-bond acceptors (Lipinski definition) is 6. The van der Waals surface area contributed by atoms with Gasteiger partial charge in [-0.2, -0.15) is 4.98 Å². The Labute approximate surface area is 118 Å². The second-order valence-electron chi connectivity index (χ2n) is 5.46. The molecule has 1 heterocycles. The fraction of sp³-hybridized carbons (Fsp3) is 0.692. The summed E-state index contributed by atoms with van der Waals surface area (Å²) in [5.41, 5.74) is -0.195. The van der Waals surface area contributed by atoms with Crippen LogP contribution in [0.5, 0.6) is 0 Å². The summed E-state index contributed by atoms with van der Waals surface area (Å²) in [6.45, 7) is 4.71. The molecule has 0 saturated heterocycles. The first-order chi connectivity index (χ1) is 9.54. The van der Waals surface area contributed by atoms with Crippen molar-refractivity contribution in [1.29, 1.82) is 0 Å². The Hall–Kier alpha value is -1.92. The van der Waals surface area contributed by atoms with Crippen LogP contribution in [0.15, 0.2) is 6.20 Å². The van der Waals surface area contributed by atoms with Crippen LogP contribution in [0.2, 0.25) is 0 Å². The van der Waals surface area contributed by atoms with Crippen LogP contribution >= 0.6 is 0 Å². The van der Waals surface area contributed by atoms with E-state index in [9.17, 15) is 10.1 Å². The lowest BCUT2D eigenvalue weighted by atomic mass is 9.83. The van der Waals surface area contributed by atoms with E-state index in [0.29, 0.717) is 18.3 Å². The standard InChI is InChI=1S/C13H21N5O2/c1-3-14-12-15-9-10(18(19)20)11(16-12)17-13(2)7-5-4-6-8-13/h9H,3-8H2,1-2H3,(H2,14,15,16,17). The molecule has 0 atom stereocenters. The monoisotopic (exact) mass is 279 g/mol. The van der Waals surface area contributed by atoms with Crippen molar-refractivity contribution >= 4 is 17.5 Å². The van der Waals surface area contributed by atoms with Crippen LogP contribution in [0.3, 0.4) is 0 Å². The molecule has 1 aliphatic carbocycles. The molecule has 0 radical (unpaired) electrons. The molecule has 0 aromatic carbocycles. The molecular weight excluding hydrogens is 258 g/mol. The molecule has 110 valence electrons. The minimum atomic E-state index is -0.440. The van der Waals surface area contributed by atoms with Gasteiger partial charge < -0.3 is 10.6 Å². The van der Waals surface area contributed by atoms with Gasteiger partial charge in [0.15, 0.2) is 0 Å². The van der Waals surface area contributed by atoms with Gasteiger partial charge in [0.25, 0.3) is 0 Å². The molecule has 0 amide bonds. The zero-order valence-corrected chi connectivity index (χ0v) is 12.0. The van der Waals surface area contributed by atoms with Crippen molar-refractivity contribution < 1.29 is 4.92 Å². The van der Waals surface area contributed by atoms with Gasteiger partial charge in [-0.3, -0.25) is 10.1 Å². The molecule has 1 saturated carbocycles. The summed E-state index contributed by atoms with van der Waals surface area (Å²) in [5, 5.41) is 17.4. The van der Waals surface area contributed by atoms with Gasteiger partial charge in [0, 0.05) is 12.1 Å². The molecule has 20 heavy (non-hydrogen) atoms. The SMILES string of the molecule is CCNc1ncc([N+](=O)[O-])c(NC2(C)CCCCC2)n1. The first kappa shape index (κ1) is 14.5. The largest absolute Gasteiger partial charge is 0.359 e. The fourth-order valence-corrected chi connectivity index (χ4v) is 2.59. The number of hydrogen-bond donors (Lipinski definition) is 2. The van der Waals surface area contributed by atoms with Crippen LogP contribution < -0.4 is 10.6 Å². The summed E-state index contributed by atoms with van der Waals surface area (Å²) in [4.78, 5) is 18.9. The Morgan fingerprint density at radius 1 is 1.40 bits per heavy atom. The first-order valence-electron chi connectivity index (χ1n) is 7.07. The highest BCUT2D eigenvalue weighted by Gasteiger charge is 2.30. The normalized spacial score (nSPS) is 17.5. The highest BCUT2D eigenvalue weighted by Crippen LogP contribution is 2.33. The van der Waals surface area contributed by atoms with E-state index < -0.39 is 4.92 Å². The lowest BCUT2D eigenvalue weighted by Gasteiger charge is -2.34. The highest BCUT2D eigenvalue weighted by molar-refractivity contribution is 5.58. The minimum Gasteiger partial charge on any atom is -0.359 e. The van der Waals surface area contributed by atoms with E-state index in [2.05, 4.69) is 27.5 Å². The van der Waals surface area contributed by atoms with Crippen molar-refractivity contribution in [2.45, 2.75) is 51.5 Å². The van der Waals surface area contributed by atoms with E-state index in [-0.39, 0.29) is 11.2 Å². The molecule has 2 N–H and O–H groups in total. The predicted octanol–water partition coefficient (Wildman–Crippen LogP) is 2.95. The Bertz CT molecular complexity index is 486. The van der Waals surface area contributed by atoms with Crippen molar-refractivity contribution in [2.75, 3.05) is 17.2 Å². The molecule has 2 rings (SSSR count). The third-order valence-electron chi connectivity index (χ3n) is 3.68. The lowest BCUT2D eigenvalue weighted by molar-refractivity contribution is -0.384. The average molecular weight is 279 g/mol. The number of nitrogens with one attached hydrogen (secondary N) is 2. The Morgan fingerprint density at radius 2 is 2.10 bits per heavy atom. The highest BCUT2D eigenvalue weighted by atomic mass is 16.6. The van der Waals surface area contributed by atoms with Crippen LogP contribution in [-0.2, 0) is 0 Å². The molecule has 1 aromatic heterocycles. The van der Waals surface area contributed by atoms with Crippen LogP contribution in [-0.4, -0.2) is 27.0 Å². The lowest BCUT2D eigenvalue weighted by Crippen LogP contribution is -2.37. The van der Waals surface area contributed by atoms with Crippen molar-refractivity contribution in [2.24, 2.45) is 0 Å². The van der Waals surface area contributed by atoms with Gasteiger partial charge in [0.1, 0.15) is 6.20 Å². The van der Waals surface area contributed by atoms with Gasteiger partial charge in [0.05, 0.1) is 4.92 Å². The maximum Gasteiger partial charge on any atom is 0.329 e. The van der Waals surface area contributed by atoms with Crippen LogP contribution in [0.4, 0.5) is 17.5 Å². The van der Waals surface area contributed by atoms with Crippen molar-refractivity contribution in [3.8, 4) is 0 Å². The second-order valence-corrected chi connectivity index (χ2v) is 5.46. The molecule has 0 unspecified atom stereocenters. The van der Waals surface area contributed by atoms with Gasteiger partial charge >= 0.3 is 5.69 Å². The first-order valence-corrected chi connectivity index (χ1v) is 7.07. The maximum atomic E-state index is 11.1. The molecule has 7 heteroatoms. The summed E-state index contributed by atoms with van der Waals surface area (Å²) in [5.74, 6) is 0.727. The van der Waals surface area contributed by atoms with Crippen molar-refractivity contribution in [3.63, 3.8) is 0 Å². The van der Waals surface area contributed by atoms with Crippen LogP contribution in [0.1, 0.15) is 46.0 Å². The van der Waals surface area contributed by atoms with Crippen molar-refractivity contribution in [1.82, 2.24) is 9.97 Å². The molecule has 0 spiro atoms. The second kappa shape index (κ2) is 6.02. The van der Waals surface area contributed by atoms with Crippen LogP contribution in [0, 0.1) is 10.1 Å². The Morgan fingerprint density at radius 3 is 2.70 bits per heavy atom. The summed E-state index contributed by atoms with van der Waals surface area (Å²) in [7, 11) is 0. The van der Waals surface area contributed by atoms with Gasteiger partial charge in [0.2, 0.25) is 11.8 Å². The van der Waals surface area contributed by atoms with Gasteiger partial charge in [-0.1, -0.05) is 19.3 Å². The predicted molar refractivity (Wildman–Crippen MR) is 78.0 cm³/mol. The van der Waals surface area contributed by atoms with E-state index in [1.807, 2.05) is 6.92 Å². The number of aromatic nitrogens is 2. The van der Waals surface area contributed by atoms with E-state index >= 15 is 0 Å². The third-order valence-corrected chi connectivity index (χ3v) is 3.68. The quantitative estimate of drug-likeness (QED) is 0.636. The van der Waals surface area contributed by atoms with E-state index in [1.54, 1.807) is 0 Å². The molecule has 7 nitrogen and oxygen atoms in total. The average Bonchev–Trinajstić information content (AvgIpc) is 2.39. The summed E-state index contributed by atoms with van der Waals surface area (Å²) in [6.07, 6.45) is 6.78. The maximum absolute atomic E-state index is 11.1. The number of anilines is 2. The molecule has 0 bridgehead atoms. The zero-order chi connectivity index (χ0) is 14.6. The topological polar surface area (TPSA) is 93.0 Å². The smallest absolute Gasteiger partial charge is 0.329 e. The van der Waals surface area contributed by atoms with Gasteiger partial charge in [-0.05, 0) is 26.7 Å². The van der Waals surface area contributed by atoms with Crippen LogP contribution in [0.25, 0.3) is 0 Å².